The van der Waals surface area contributed by atoms with Crippen molar-refractivity contribution >= 4 is 21.5 Å². The van der Waals surface area contributed by atoms with Crippen molar-refractivity contribution in [2.24, 2.45) is 0 Å². The van der Waals surface area contributed by atoms with Crippen LogP contribution in [0.25, 0.3) is 0 Å². The monoisotopic (exact) mass is 570 g/mol. The zero-order chi connectivity index (χ0) is 28.4. The van der Waals surface area contributed by atoms with Crippen LogP contribution in [-0.2, 0) is 22.6 Å². The van der Waals surface area contributed by atoms with Crippen LogP contribution >= 0.6 is 0 Å². The fourth-order valence-corrected chi connectivity index (χ4v) is 5.92. The first-order valence-electron chi connectivity index (χ1n) is 12.0. The smallest absolute Gasteiger partial charge is 0.370 e. The van der Waals surface area contributed by atoms with Gasteiger partial charge in [0.1, 0.15) is 29.5 Å². The number of rotatable bonds is 8. The molecule has 1 aliphatic heterocycles. The summed E-state index contributed by atoms with van der Waals surface area (Å²) in [7, 11) is -0.924. The lowest BCUT2D eigenvalue weighted by atomic mass is 9.82. The highest BCUT2D eigenvalue weighted by Gasteiger charge is 2.39. The van der Waals surface area contributed by atoms with Crippen molar-refractivity contribution in [1.29, 1.82) is 0 Å². The van der Waals surface area contributed by atoms with Crippen molar-refractivity contribution in [1.82, 2.24) is 19.9 Å². The fourth-order valence-electron chi connectivity index (χ4n) is 4.79. The molecule has 3 heterocycles. The maximum Gasteiger partial charge on any atom is 0.433 e. The number of hydrogen-bond donors (Lipinski definition) is 1. The predicted molar refractivity (Wildman–Crippen MR) is 135 cm³/mol. The third-order valence-electron chi connectivity index (χ3n) is 6.89. The maximum absolute atomic E-state index is 15.1. The number of benzene rings is 1. The Balaban J connectivity index is 1.56. The standard InChI is InChI=1S/C25H27F5N6O2S/c1-35(2)24(10-7-17-5-3-6-21(33-17)25(28,29)30)9-4-12-36(15-24)18-13-19(26)23(20(27)14-18)39(37,38)34-22-8-11-31-16-32-22/h3,5-6,8,11,13-14,16H,4,7,9-10,12,15H2,1-2H3,(H,31,32,34)/t24-/m1/s1. The normalized spacial score (nSPS) is 18.4. The number of nitrogens with one attached hydrogen (secondary N) is 1. The van der Waals surface area contributed by atoms with E-state index in [1.165, 1.54) is 18.3 Å². The van der Waals surface area contributed by atoms with Gasteiger partial charge in [0.05, 0.1) is 0 Å². The second kappa shape index (κ2) is 11.0. The van der Waals surface area contributed by atoms with Gasteiger partial charge in [0.2, 0.25) is 0 Å². The summed E-state index contributed by atoms with van der Waals surface area (Å²) in [4.78, 5) is 13.7. The van der Waals surface area contributed by atoms with E-state index < -0.39 is 44.0 Å². The molecule has 1 fully saturated rings. The Morgan fingerprint density at radius 2 is 1.85 bits per heavy atom. The lowest BCUT2D eigenvalue weighted by Gasteiger charge is -2.48. The summed E-state index contributed by atoms with van der Waals surface area (Å²) in [5, 5.41) is 0. The van der Waals surface area contributed by atoms with Crippen molar-refractivity contribution in [3.05, 3.63) is 71.9 Å². The number of piperidine rings is 1. The molecule has 0 radical (unpaired) electrons. The Morgan fingerprint density at radius 1 is 1.13 bits per heavy atom. The lowest BCUT2D eigenvalue weighted by Crippen LogP contribution is -2.56. The minimum Gasteiger partial charge on any atom is -0.370 e. The second-order valence-corrected chi connectivity index (χ2v) is 11.2. The van der Waals surface area contributed by atoms with Crippen molar-refractivity contribution in [2.75, 3.05) is 36.8 Å². The number of likely N-dealkylation sites (N-methyl/N-ethyl adjacent to an activating group) is 1. The largest absolute Gasteiger partial charge is 0.433 e. The Hall–Kier alpha value is -3.39. The number of halogens is 5. The Morgan fingerprint density at radius 3 is 2.46 bits per heavy atom. The van der Waals surface area contributed by atoms with E-state index in [4.69, 9.17) is 0 Å². The number of sulfonamides is 1. The van der Waals surface area contributed by atoms with E-state index in [0.717, 1.165) is 24.5 Å². The van der Waals surface area contributed by atoms with E-state index in [2.05, 4.69) is 15.0 Å². The SMILES string of the molecule is CN(C)[C@@]1(CCc2cccc(C(F)(F)F)n2)CCCN(c2cc(F)c(S(=O)(=O)Nc3ccncn3)c(F)c2)C1. The number of aryl methyl sites for hydroxylation is 1. The van der Waals surface area contributed by atoms with Gasteiger partial charge >= 0.3 is 6.18 Å². The summed E-state index contributed by atoms with van der Waals surface area (Å²) in [6.07, 6.45) is -0.117. The molecule has 0 unspecified atom stereocenters. The molecule has 0 aliphatic carbocycles. The first-order valence-corrected chi connectivity index (χ1v) is 13.5. The third kappa shape index (κ3) is 6.44. The van der Waals surface area contributed by atoms with Crippen molar-refractivity contribution in [3.63, 3.8) is 0 Å². The van der Waals surface area contributed by atoms with Gasteiger partial charge < -0.3 is 9.80 Å². The lowest BCUT2D eigenvalue weighted by molar-refractivity contribution is -0.141. The average Bonchev–Trinajstić information content (AvgIpc) is 2.87. The zero-order valence-corrected chi connectivity index (χ0v) is 22.0. The molecule has 1 aliphatic rings. The molecule has 2 aromatic heterocycles. The van der Waals surface area contributed by atoms with Crippen LogP contribution in [0.1, 0.15) is 30.7 Å². The van der Waals surface area contributed by atoms with Gasteiger partial charge in [-0.15, -0.1) is 0 Å². The minimum atomic E-state index is -4.62. The van der Waals surface area contributed by atoms with Gasteiger partial charge in [-0.25, -0.2) is 32.2 Å². The Bertz CT molecular complexity index is 1400. The maximum atomic E-state index is 15.1. The second-order valence-electron chi connectivity index (χ2n) is 9.59. The third-order valence-corrected chi connectivity index (χ3v) is 8.29. The molecule has 8 nitrogen and oxygen atoms in total. The zero-order valence-electron chi connectivity index (χ0n) is 21.2. The van der Waals surface area contributed by atoms with Crippen LogP contribution in [0, 0.1) is 11.6 Å². The van der Waals surface area contributed by atoms with Crippen LogP contribution in [-0.4, -0.2) is 61.0 Å². The van der Waals surface area contributed by atoms with Crippen LogP contribution in [0.3, 0.4) is 0 Å². The molecule has 4 rings (SSSR count). The topological polar surface area (TPSA) is 91.3 Å². The Labute approximate surface area is 223 Å². The van der Waals surface area contributed by atoms with Gasteiger partial charge in [0.25, 0.3) is 10.0 Å². The van der Waals surface area contributed by atoms with Crippen LogP contribution in [0.2, 0.25) is 0 Å². The summed E-state index contributed by atoms with van der Waals surface area (Å²) in [5.74, 6) is -2.67. The Kier molecular flexibility index (Phi) is 8.07. The van der Waals surface area contributed by atoms with Crippen LogP contribution in [0.15, 0.2) is 53.8 Å². The van der Waals surface area contributed by atoms with Crippen LogP contribution < -0.4 is 9.62 Å². The molecule has 0 bridgehead atoms. The van der Waals surface area contributed by atoms with Crippen LogP contribution in [0.5, 0.6) is 0 Å². The highest BCUT2D eigenvalue weighted by Crippen LogP contribution is 2.35. The summed E-state index contributed by atoms with van der Waals surface area (Å²) in [6, 6.07) is 6.96. The summed E-state index contributed by atoms with van der Waals surface area (Å²) in [6.45, 7) is 0.782. The molecule has 0 saturated carbocycles. The molecule has 3 aromatic rings. The van der Waals surface area contributed by atoms with Crippen molar-refractivity contribution < 1.29 is 30.4 Å². The van der Waals surface area contributed by atoms with Gasteiger partial charge in [-0.3, -0.25) is 4.72 Å². The van der Waals surface area contributed by atoms with Gasteiger partial charge in [-0.05, 0) is 70.1 Å². The number of pyridine rings is 1. The molecule has 210 valence electrons. The van der Waals surface area contributed by atoms with Gasteiger partial charge in [0.15, 0.2) is 4.90 Å². The molecular weight excluding hydrogens is 543 g/mol. The van der Waals surface area contributed by atoms with E-state index in [9.17, 15) is 21.6 Å². The first-order chi connectivity index (χ1) is 18.3. The summed E-state index contributed by atoms with van der Waals surface area (Å²) >= 11 is 0. The quantitative estimate of drug-likeness (QED) is 0.399. The number of nitrogens with zero attached hydrogens (tertiary/aromatic N) is 5. The molecule has 1 atom stereocenters. The number of hydrogen-bond acceptors (Lipinski definition) is 7. The van der Waals surface area contributed by atoms with E-state index in [1.807, 2.05) is 23.7 Å². The molecule has 39 heavy (non-hydrogen) atoms. The first kappa shape index (κ1) is 28.6. The molecule has 0 spiro atoms. The van der Waals surface area contributed by atoms with Gasteiger partial charge in [-0.1, -0.05) is 6.07 Å². The van der Waals surface area contributed by atoms with Crippen molar-refractivity contribution in [3.8, 4) is 0 Å². The van der Waals surface area contributed by atoms with Crippen molar-refractivity contribution in [2.45, 2.75) is 42.3 Å². The number of aromatic nitrogens is 3. The number of alkyl halides is 3. The average molecular weight is 571 g/mol. The van der Waals surface area contributed by atoms with Crippen LogP contribution in [0.4, 0.5) is 33.5 Å². The molecule has 1 aromatic carbocycles. The molecule has 1 N–H and O–H groups in total. The minimum absolute atomic E-state index is 0.144. The fraction of sp³-hybridized carbons (Fsp3) is 0.400. The summed E-state index contributed by atoms with van der Waals surface area (Å²) in [5.41, 5.74) is -1.03. The van der Waals surface area contributed by atoms with E-state index in [0.29, 0.717) is 38.0 Å². The summed E-state index contributed by atoms with van der Waals surface area (Å²) < 4.78 is 96.9. The highest BCUT2D eigenvalue weighted by molar-refractivity contribution is 7.92. The molecule has 14 heteroatoms. The van der Waals surface area contributed by atoms with E-state index in [1.54, 1.807) is 11.0 Å². The molecule has 0 amide bonds. The highest BCUT2D eigenvalue weighted by atomic mass is 32.2. The number of anilines is 2. The predicted octanol–water partition coefficient (Wildman–Crippen LogP) is 4.50. The van der Waals surface area contributed by atoms with E-state index >= 15 is 8.78 Å². The van der Waals surface area contributed by atoms with Gasteiger partial charge in [-0.2, -0.15) is 13.2 Å². The molecule has 1 saturated heterocycles. The van der Waals surface area contributed by atoms with Gasteiger partial charge in [0, 0.05) is 36.2 Å². The van der Waals surface area contributed by atoms with E-state index in [-0.39, 0.29) is 17.9 Å². The molecular formula is C25H27F5N6O2S.